The first-order valence-corrected chi connectivity index (χ1v) is 7.57. The minimum absolute atomic E-state index is 0.0850. The number of benzene rings is 1. The smallest absolute Gasteiger partial charge is 0.241 e. The molecule has 1 saturated carbocycles. The summed E-state index contributed by atoms with van der Waals surface area (Å²) in [6, 6.07) is 5.11. The van der Waals surface area contributed by atoms with Crippen LogP contribution in [0, 0.1) is 0 Å². The Morgan fingerprint density at radius 2 is 1.89 bits per heavy atom. The highest BCUT2D eigenvalue weighted by Crippen LogP contribution is 2.39. The lowest BCUT2D eigenvalue weighted by Crippen LogP contribution is -2.19. The van der Waals surface area contributed by atoms with Crippen LogP contribution in [0.5, 0.6) is 5.75 Å². The molecule has 0 unspecified atom stereocenters. The molecule has 0 spiro atoms. The second-order valence-corrected chi connectivity index (χ2v) is 7.27. The van der Waals surface area contributed by atoms with Crippen LogP contribution in [-0.2, 0) is 15.4 Å². The van der Waals surface area contributed by atoms with Crippen molar-refractivity contribution in [2.24, 2.45) is 5.14 Å². The van der Waals surface area contributed by atoms with E-state index in [4.69, 9.17) is 9.88 Å². The summed E-state index contributed by atoms with van der Waals surface area (Å²) in [6.07, 6.45) is 2.08. The first-order chi connectivity index (χ1) is 8.19. The number of ether oxygens (including phenoxy) is 1. The number of nitrogens with two attached hydrogens (primary N) is 1. The van der Waals surface area contributed by atoms with Gasteiger partial charge in [-0.15, -0.1) is 0 Å². The molecule has 1 aliphatic rings. The van der Waals surface area contributed by atoms with Crippen LogP contribution < -0.4 is 9.88 Å². The van der Waals surface area contributed by atoms with E-state index in [0.717, 1.165) is 18.4 Å². The molecule has 0 atom stereocenters. The monoisotopic (exact) mass is 269 g/mol. The van der Waals surface area contributed by atoms with E-state index in [0.29, 0.717) is 5.75 Å². The average Bonchev–Trinajstić information content (AvgIpc) is 2.98. The molecule has 0 saturated heterocycles. The summed E-state index contributed by atoms with van der Waals surface area (Å²) < 4.78 is 29.0. The molecule has 18 heavy (non-hydrogen) atoms. The summed E-state index contributed by atoms with van der Waals surface area (Å²) in [7, 11) is -3.76. The number of rotatable bonds is 3. The first-order valence-electron chi connectivity index (χ1n) is 6.02. The Kier molecular flexibility index (Phi) is 3.15. The van der Waals surface area contributed by atoms with Crippen LogP contribution in [-0.4, -0.2) is 14.5 Å². The van der Waals surface area contributed by atoms with Gasteiger partial charge in [0, 0.05) is 5.56 Å². The van der Waals surface area contributed by atoms with Crippen LogP contribution in [0.1, 0.15) is 39.2 Å². The van der Waals surface area contributed by atoms with Crippen molar-refractivity contribution in [2.45, 2.75) is 50.0 Å². The highest BCUT2D eigenvalue weighted by Gasteiger charge is 2.31. The van der Waals surface area contributed by atoms with E-state index in [2.05, 4.69) is 0 Å². The molecule has 1 aromatic rings. The Morgan fingerprint density at radius 1 is 1.28 bits per heavy atom. The standard InChI is InChI=1S/C13H19NO3S/c1-13(2,3)10-5-4-6-11(18(14,15)16)12(10)17-9-7-8-9/h4-6,9H,7-8H2,1-3H3,(H2,14,15,16). The van der Waals surface area contributed by atoms with Gasteiger partial charge in [0.05, 0.1) is 6.10 Å². The number of para-hydroxylation sites is 1. The van der Waals surface area contributed by atoms with Crippen LogP contribution in [0.4, 0.5) is 0 Å². The molecule has 1 aromatic carbocycles. The third kappa shape index (κ3) is 2.84. The van der Waals surface area contributed by atoms with Gasteiger partial charge in [-0.1, -0.05) is 32.9 Å². The Labute approximate surface area is 108 Å². The topological polar surface area (TPSA) is 69.4 Å². The van der Waals surface area contributed by atoms with E-state index in [1.165, 1.54) is 6.07 Å². The summed E-state index contributed by atoms with van der Waals surface area (Å²) in [4.78, 5) is 0.0850. The summed E-state index contributed by atoms with van der Waals surface area (Å²) >= 11 is 0. The molecule has 0 aromatic heterocycles. The van der Waals surface area contributed by atoms with E-state index in [1.807, 2.05) is 26.8 Å². The summed E-state index contributed by atoms with van der Waals surface area (Å²) in [5.74, 6) is 0.426. The fourth-order valence-corrected chi connectivity index (χ4v) is 2.49. The molecule has 0 aliphatic heterocycles. The van der Waals surface area contributed by atoms with Gasteiger partial charge in [-0.05, 0) is 24.3 Å². The second-order valence-electron chi connectivity index (χ2n) is 5.75. The van der Waals surface area contributed by atoms with Crippen molar-refractivity contribution in [3.05, 3.63) is 23.8 Å². The minimum atomic E-state index is -3.76. The molecule has 5 heteroatoms. The normalized spacial score (nSPS) is 16.7. The predicted octanol–water partition coefficient (Wildman–Crippen LogP) is 2.17. The molecule has 0 heterocycles. The van der Waals surface area contributed by atoms with Crippen LogP contribution in [0.2, 0.25) is 0 Å². The summed E-state index contributed by atoms with van der Waals surface area (Å²) in [6.45, 7) is 6.07. The number of hydrogen-bond donors (Lipinski definition) is 1. The fraction of sp³-hybridized carbons (Fsp3) is 0.538. The Bertz CT molecular complexity index is 554. The van der Waals surface area contributed by atoms with Gasteiger partial charge in [0.15, 0.2) is 0 Å². The van der Waals surface area contributed by atoms with Gasteiger partial charge >= 0.3 is 0 Å². The number of sulfonamides is 1. The minimum Gasteiger partial charge on any atom is -0.489 e. The van der Waals surface area contributed by atoms with Gasteiger partial charge in [-0.25, -0.2) is 13.6 Å². The van der Waals surface area contributed by atoms with E-state index in [1.54, 1.807) is 6.07 Å². The molecular formula is C13H19NO3S. The highest BCUT2D eigenvalue weighted by molar-refractivity contribution is 7.89. The van der Waals surface area contributed by atoms with Gasteiger partial charge in [0.1, 0.15) is 10.6 Å². The van der Waals surface area contributed by atoms with Gasteiger partial charge in [-0.3, -0.25) is 0 Å². The van der Waals surface area contributed by atoms with Crippen molar-refractivity contribution in [2.75, 3.05) is 0 Å². The van der Waals surface area contributed by atoms with Crippen molar-refractivity contribution < 1.29 is 13.2 Å². The van der Waals surface area contributed by atoms with E-state index in [9.17, 15) is 8.42 Å². The van der Waals surface area contributed by atoms with Gasteiger partial charge in [0.2, 0.25) is 10.0 Å². The lowest BCUT2D eigenvalue weighted by atomic mass is 9.86. The maximum Gasteiger partial charge on any atom is 0.241 e. The zero-order chi connectivity index (χ0) is 13.6. The van der Waals surface area contributed by atoms with Crippen molar-refractivity contribution in [3.63, 3.8) is 0 Å². The van der Waals surface area contributed by atoms with E-state index < -0.39 is 10.0 Å². The van der Waals surface area contributed by atoms with Crippen molar-refractivity contribution in [1.82, 2.24) is 0 Å². The zero-order valence-corrected chi connectivity index (χ0v) is 11.8. The lowest BCUT2D eigenvalue weighted by Gasteiger charge is -2.24. The summed E-state index contributed by atoms with van der Waals surface area (Å²) in [5, 5.41) is 5.26. The quantitative estimate of drug-likeness (QED) is 0.914. The second kappa shape index (κ2) is 4.24. The van der Waals surface area contributed by atoms with Gasteiger partial charge < -0.3 is 4.74 Å². The third-order valence-corrected chi connectivity index (χ3v) is 3.84. The molecule has 1 aliphatic carbocycles. The number of primary sulfonamides is 1. The average molecular weight is 269 g/mol. The first kappa shape index (κ1) is 13.4. The predicted molar refractivity (Wildman–Crippen MR) is 70.2 cm³/mol. The van der Waals surface area contributed by atoms with Crippen LogP contribution >= 0.6 is 0 Å². The number of hydrogen-bond acceptors (Lipinski definition) is 3. The van der Waals surface area contributed by atoms with E-state index in [-0.39, 0.29) is 16.4 Å². The molecule has 100 valence electrons. The molecular weight excluding hydrogens is 250 g/mol. The molecule has 4 nitrogen and oxygen atoms in total. The van der Waals surface area contributed by atoms with E-state index >= 15 is 0 Å². The molecule has 0 amide bonds. The molecule has 0 radical (unpaired) electrons. The third-order valence-electron chi connectivity index (χ3n) is 2.90. The molecule has 1 fully saturated rings. The highest BCUT2D eigenvalue weighted by atomic mass is 32.2. The van der Waals surface area contributed by atoms with Gasteiger partial charge in [-0.2, -0.15) is 0 Å². The SMILES string of the molecule is CC(C)(C)c1cccc(S(N)(=O)=O)c1OC1CC1. The zero-order valence-electron chi connectivity index (χ0n) is 10.9. The van der Waals surface area contributed by atoms with Crippen molar-refractivity contribution >= 4 is 10.0 Å². The Balaban J connectivity index is 2.59. The summed E-state index contributed by atoms with van der Waals surface area (Å²) in [5.41, 5.74) is 0.686. The Morgan fingerprint density at radius 3 is 2.33 bits per heavy atom. The maximum atomic E-state index is 11.6. The van der Waals surface area contributed by atoms with Gasteiger partial charge in [0.25, 0.3) is 0 Å². The molecule has 2 N–H and O–H groups in total. The van der Waals surface area contributed by atoms with Crippen LogP contribution in [0.3, 0.4) is 0 Å². The Hall–Kier alpha value is -1.07. The molecule has 0 bridgehead atoms. The van der Waals surface area contributed by atoms with Crippen LogP contribution in [0.15, 0.2) is 23.1 Å². The van der Waals surface area contributed by atoms with Crippen molar-refractivity contribution in [3.8, 4) is 5.75 Å². The fourth-order valence-electron chi connectivity index (χ4n) is 1.80. The molecule has 2 rings (SSSR count). The lowest BCUT2D eigenvalue weighted by molar-refractivity contribution is 0.286. The largest absolute Gasteiger partial charge is 0.489 e. The maximum absolute atomic E-state index is 11.6. The van der Waals surface area contributed by atoms with Crippen LogP contribution in [0.25, 0.3) is 0 Å². The van der Waals surface area contributed by atoms with Crippen molar-refractivity contribution in [1.29, 1.82) is 0 Å².